The number of carboxylic acid groups (broad SMARTS) is 1. The number of methoxy groups -OCH3 is 1. The Bertz CT molecular complexity index is 1760. The number of allylic oxidation sites excluding steroid dienone is 1. The number of amides is 3. The van der Waals surface area contributed by atoms with Crippen LogP contribution < -0.4 is 16.4 Å². The van der Waals surface area contributed by atoms with Crippen LogP contribution in [0.25, 0.3) is 0 Å². The molecule has 0 heterocycles. The van der Waals surface area contributed by atoms with Gasteiger partial charge in [0.15, 0.2) is 0 Å². The lowest BCUT2D eigenvalue weighted by Gasteiger charge is -2.72. The molecule has 0 unspecified atom stereocenters. The van der Waals surface area contributed by atoms with Gasteiger partial charge in [0, 0.05) is 24.8 Å². The summed E-state index contributed by atoms with van der Waals surface area (Å²) in [5.41, 5.74) is 4.96. The highest BCUT2D eigenvalue weighted by molar-refractivity contribution is 5.85. The second kappa shape index (κ2) is 20.2. The molecule has 5 saturated carbocycles. The number of primary amides is 1. The third kappa shape index (κ3) is 10.1. The van der Waals surface area contributed by atoms with Crippen LogP contribution in [0, 0.1) is 62.1 Å². The van der Waals surface area contributed by atoms with E-state index in [-0.39, 0.29) is 70.2 Å². The number of nitrogens with one attached hydrogen (secondary N) is 2. The van der Waals surface area contributed by atoms with E-state index < -0.39 is 35.3 Å². The zero-order valence-electron chi connectivity index (χ0n) is 41.1. The summed E-state index contributed by atoms with van der Waals surface area (Å²) in [6, 6.07) is -0.871. The molecule has 0 spiro atoms. The van der Waals surface area contributed by atoms with E-state index in [1.807, 2.05) is 0 Å². The second-order valence-electron chi connectivity index (χ2n) is 23.2. The predicted molar refractivity (Wildman–Crippen MR) is 247 cm³/mol. The Morgan fingerprint density at radius 3 is 2.08 bits per heavy atom. The van der Waals surface area contributed by atoms with Crippen LogP contribution >= 0.6 is 0 Å². The predicted octanol–water partition coefficient (Wildman–Crippen LogP) is 9.22. The van der Waals surface area contributed by atoms with Crippen LogP contribution in [0.1, 0.15) is 190 Å². The number of carbonyl (C=O) groups excluding carboxylic acids is 5. The quantitative estimate of drug-likeness (QED) is 0.0494. The minimum Gasteiger partial charge on any atom is -0.481 e. The zero-order chi connectivity index (χ0) is 47.5. The molecule has 5 rings (SSSR count). The molecule has 3 amide bonds. The Hall–Kier alpha value is -3.44. The molecule has 0 radical (unpaired) electrons. The van der Waals surface area contributed by atoms with Crippen LogP contribution in [0.2, 0.25) is 0 Å². The van der Waals surface area contributed by atoms with E-state index in [1.165, 1.54) is 12.7 Å². The van der Waals surface area contributed by atoms with Gasteiger partial charge in [-0.1, -0.05) is 78.9 Å². The molecule has 0 saturated heterocycles. The van der Waals surface area contributed by atoms with Crippen LogP contribution in [0.5, 0.6) is 0 Å². The molecule has 5 fully saturated rings. The normalized spacial score (nSPS) is 34.4. The lowest BCUT2D eigenvalue weighted by atomic mass is 9.32. The number of aliphatic carboxylic acids is 1. The van der Waals surface area contributed by atoms with Crippen molar-refractivity contribution >= 4 is 35.6 Å². The summed E-state index contributed by atoms with van der Waals surface area (Å²) in [4.78, 5) is 75.1. The average molecular weight is 896 g/mol. The van der Waals surface area contributed by atoms with E-state index in [2.05, 4.69) is 58.8 Å². The largest absolute Gasteiger partial charge is 0.481 e. The summed E-state index contributed by atoms with van der Waals surface area (Å²) in [7, 11) is 1.25. The number of hydrogen-bond donors (Lipinski definition) is 4. The molecule has 5 aliphatic carbocycles. The molecule has 0 aliphatic heterocycles. The molecule has 0 aromatic heterocycles. The van der Waals surface area contributed by atoms with Gasteiger partial charge in [-0.25, -0.2) is 4.79 Å². The summed E-state index contributed by atoms with van der Waals surface area (Å²) in [5.74, 6) is -0.503. The fourth-order valence-corrected chi connectivity index (χ4v) is 15.0. The van der Waals surface area contributed by atoms with Crippen molar-refractivity contribution < 1.29 is 43.3 Å². The van der Waals surface area contributed by atoms with Crippen LogP contribution in [0.3, 0.4) is 0 Å². The molecule has 5 aliphatic rings. The van der Waals surface area contributed by atoms with Crippen LogP contribution in [0.15, 0.2) is 12.2 Å². The lowest BCUT2D eigenvalue weighted by molar-refractivity contribution is -0.249. The first kappa shape index (κ1) is 51.5. The summed E-state index contributed by atoms with van der Waals surface area (Å²) in [5, 5.41) is 15.8. The minimum atomic E-state index is -1.17. The fourth-order valence-electron chi connectivity index (χ4n) is 15.0. The van der Waals surface area contributed by atoms with Crippen LogP contribution in [0.4, 0.5) is 0 Å². The van der Waals surface area contributed by atoms with Crippen molar-refractivity contribution in [2.45, 2.75) is 202 Å². The molecule has 0 aromatic rings. The number of ether oxygens (including phenoxy) is 2. The van der Waals surface area contributed by atoms with E-state index >= 15 is 0 Å². The first-order valence-corrected chi connectivity index (χ1v) is 24.9. The average Bonchev–Trinajstić information content (AvgIpc) is 3.62. The van der Waals surface area contributed by atoms with E-state index in [0.29, 0.717) is 43.1 Å². The lowest BCUT2D eigenvalue weighted by Crippen LogP contribution is -2.67. The van der Waals surface area contributed by atoms with Gasteiger partial charge >= 0.3 is 17.9 Å². The summed E-state index contributed by atoms with van der Waals surface area (Å²) in [6.07, 6.45) is 17.0. The monoisotopic (exact) mass is 896 g/mol. The van der Waals surface area contributed by atoms with Gasteiger partial charge in [0.2, 0.25) is 17.7 Å². The Balaban J connectivity index is 1.14. The Labute approximate surface area is 384 Å². The smallest absolute Gasteiger partial charge is 0.328 e. The summed E-state index contributed by atoms with van der Waals surface area (Å²) in [6.45, 7) is 22.9. The van der Waals surface area contributed by atoms with E-state index in [4.69, 9.17) is 15.2 Å². The van der Waals surface area contributed by atoms with Crippen LogP contribution in [-0.4, -0.2) is 66.5 Å². The number of unbranched alkanes of at least 4 members (excludes halogenated alkanes) is 6. The van der Waals surface area contributed by atoms with Gasteiger partial charge in [0.1, 0.15) is 12.1 Å². The van der Waals surface area contributed by atoms with E-state index in [0.717, 1.165) is 103 Å². The number of hydrogen-bond acceptors (Lipinski definition) is 8. The molecule has 12 nitrogen and oxygen atoms in total. The maximum absolute atomic E-state index is 14.6. The molecule has 12 heteroatoms. The van der Waals surface area contributed by atoms with Crippen molar-refractivity contribution in [3.05, 3.63) is 12.2 Å². The van der Waals surface area contributed by atoms with Gasteiger partial charge < -0.3 is 30.9 Å². The molecule has 11 atom stereocenters. The van der Waals surface area contributed by atoms with Crippen LogP contribution in [-0.2, 0) is 38.2 Å². The Morgan fingerprint density at radius 2 is 1.45 bits per heavy atom. The van der Waals surface area contributed by atoms with Crippen molar-refractivity contribution in [3.63, 3.8) is 0 Å². The highest BCUT2D eigenvalue weighted by Gasteiger charge is 2.72. The van der Waals surface area contributed by atoms with Crippen molar-refractivity contribution in [2.24, 2.45) is 67.8 Å². The third-order valence-corrected chi connectivity index (χ3v) is 18.8. The zero-order valence-corrected chi connectivity index (χ0v) is 41.1. The molecular formula is C52H85N3O9. The number of fused-ring (bicyclic) bond motifs is 7. The van der Waals surface area contributed by atoms with Gasteiger partial charge in [0.25, 0.3) is 0 Å². The van der Waals surface area contributed by atoms with Gasteiger partial charge in [-0.2, -0.15) is 0 Å². The van der Waals surface area contributed by atoms with Crippen molar-refractivity contribution in [1.82, 2.24) is 10.6 Å². The molecule has 64 heavy (non-hydrogen) atoms. The van der Waals surface area contributed by atoms with Crippen molar-refractivity contribution in [1.29, 1.82) is 0 Å². The van der Waals surface area contributed by atoms with Gasteiger partial charge in [-0.05, 0) is 150 Å². The number of carbonyl (C=O) groups is 6. The van der Waals surface area contributed by atoms with E-state index in [1.54, 1.807) is 13.8 Å². The van der Waals surface area contributed by atoms with Crippen molar-refractivity contribution in [2.75, 3.05) is 13.7 Å². The van der Waals surface area contributed by atoms with Gasteiger partial charge in [0.05, 0.1) is 24.4 Å². The standard InChI is InChI=1S/C52H85N3O9/c1-33(2)34-23-28-52(45(60)54-31-17-15-13-11-12-14-16-18-41(57)55-36(44(59)63-10)20-22-40(53)56)30-29-50(8)35(43(34)52)19-21-38-49(7)26-25-39(64-42(58)32-47(3,4)46(61)62)48(5,6)37(49)24-27-51(38,50)9/h34-39,43H,1,11-32H2,2-10H3,(H2,53,56)(H,54,60)(H,55,57)(H,61,62)/t34-,35+,36+,37-,38+,39-,43+,49-,50+,51+,52-/m0/s1. The Kier molecular flexibility index (Phi) is 16.3. The fraction of sp³-hybridized carbons (Fsp3) is 0.846. The number of esters is 2. The first-order valence-electron chi connectivity index (χ1n) is 24.9. The van der Waals surface area contributed by atoms with Crippen molar-refractivity contribution in [3.8, 4) is 0 Å². The van der Waals surface area contributed by atoms with Gasteiger partial charge in [-0.3, -0.25) is 24.0 Å². The van der Waals surface area contributed by atoms with Gasteiger partial charge in [-0.15, -0.1) is 0 Å². The van der Waals surface area contributed by atoms with E-state index in [9.17, 15) is 33.9 Å². The summed E-state index contributed by atoms with van der Waals surface area (Å²) >= 11 is 0. The highest BCUT2D eigenvalue weighted by Crippen LogP contribution is 2.77. The maximum atomic E-state index is 14.6. The second-order valence-corrected chi connectivity index (χ2v) is 23.2. The SMILES string of the molecule is C=C(C)[C@@H]1CC[C@]2(C(=O)NCCCCCCCCCC(=O)N[C@H](CCC(N)=O)C(=O)OC)CC[C@]3(C)[C@H](CC[C@@H]4[C@@]5(C)CC[C@H](OC(=O)CC(C)(C)C(=O)O)C(C)(C)[C@@H]5CC[C@]43C)[C@@H]12. The number of rotatable bonds is 21. The molecule has 0 aromatic carbocycles. The highest BCUT2D eigenvalue weighted by atomic mass is 16.5. The maximum Gasteiger partial charge on any atom is 0.328 e. The Morgan fingerprint density at radius 1 is 0.797 bits per heavy atom. The molecule has 362 valence electrons. The minimum absolute atomic E-state index is 0.00683. The number of nitrogens with two attached hydrogens (primary N) is 1. The molecule has 5 N–H and O–H groups in total. The number of carboxylic acids is 1. The molecular weight excluding hydrogens is 811 g/mol. The first-order chi connectivity index (χ1) is 29.9. The topological polar surface area (TPSA) is 191 Å². The third-order valence-electron chi connectivity index (χ3n) is 18.8. The summed E-state index contributed by atoms with van der Waals surface area (Å²) < 4.78 is 10.9. The molecule has 0 bridgehead atoms.